The third-order valence-electron chi connectivity index (χ3n) is 1.34. The van der Waals surface area contributed by atoms with Gasteiger partial charge in [-0.3, -0.25) is 9.36 Å². The minimum atomic E-state index is -1.06. The highest BCUT2D eigenvalue weighted by Crippen LogP contribution is 2.09. The van der Waals surface area contributed by atoms with Crippen LogP contribution >= 0.6 is 19.8 Å². The molecule has 1 aromatic rings. The van der Waals surface area contributed by atoms with Crippen LogP contribution in [0.25, 0.3) is 0 Å². The molecule has 13 heavy (non-hydrogen) atoms. The van der Waals surface area contributed by atoms with Crippen molar-refractivity contribution in [1.29, 1.82) is 0 Å². The molecule has 0 aromatic carbocycles. The highest BCUT2D eigenvalue weighted by molar-refractivity contribution is 7.47. The molecule has 1 unspecified atom stereocenters. The number of nitrogens with two attached hydrogens (primary N) is 1. The molecule has 0 spiro atoms. The Balaban J connectivity index is 2.63. The lowest BCUT2D eigenvalue weighted by Gasteiger charge is -2.01. The van der Waals surface area contributed by atoms with Crippen molar-refractivity contribution in [2.45, 2.75) is 12.5 Å². The van der Waals surface area contributed by atoms with Gasteiger partial charge in [0.15, 0.2) is 0 Å². The number of carbonyl (C=O) groups is 1. The Morgan fingerprint density at radius 1 is 1.85 bits per heavy atom. The molecule has 0 saturated carbocycles. The van der Waals surface area contributed by atoms with Crippen LogP contribution < -0.4 is 10.4 Å². The van der Waals surface area contributed by atoms with E-state index in [4.69, 9.17) is 10.8 Å². The van der Waals surface area contributed by atoms with Crippen LogP contribution in [-0.2, 0) is 15.8 Å². The number of rotatable bonds is 4. The average Bonchev–Trinajstić information content (AvgIpc) is 2.52. The van der Waals surface area contributed by atoms with Crippen LogP contribution in [0.1, 0.15) is 5.01 Å². The van der Waals surface area contributed by atoms with Gasteiger partial charge in [0.1, 0.15) is 10.7 Å². The first kappa shape index (κ1) is 10.2. The number of carboxylic acid groups (broad SMARTS) is 1. The van der Waals surface area contributed by atoms with Crippen molar-refractivity contribution < 1.29 is 14.5 Å². The SMILES string of the molecule is NC(Cc1ncc(P=O)s1)C(=O)O. The Kier molecular flexibility index (Phi) is 3.48. The molecule has 0 amide bonds. The summed E-state index contributed by atoms with van der Waals surface area (Å²) in [5.41, 5.74) is 5.29. The number of nitrogens with zero attached hydrogens (tertiary/aromatic N) is 1. The molecule has 3 N–H and O–H groups in total. The Hall–Kier alpha value is -0.840. The molecule has 0 saturated heterocycles. The lowest BCUT2D eigenvalue weighted by atomic mass is 10.2. The maximum absolute atomic E-state index is 10.4. The van der Waals surface area contributed by atoms with Crippen molar-refractivity contribution in [2.75, 3.05) is 0 Å². The summed E-state index contributed by atoms with van der Waals surface area (Å²) in [5.74, 6) is -1.06. The topological polar surface area (TPSA) is 93.3 Å². The maximum Gasteiger partial charge on any atom is 0.320 e. The molecule has 0 bridgehead atoms. The van der Waals surface area contributed by atoms with Gasteiger partial charge in [0.25, 0.3) is 0 Å². The van der Waals surface area contributed by atoms with Crippen molar-refractivity contribution >= 4 is 30.4 Å². The van der Waals surface area contributed by atoms with Gasteiger partial charge in [0, 0.05) is 6.42 Å². The van der Waals surface area contributed by atoms with Crippen LogP contribution in [0.3, 0.4) is 0 Å². The standard InChI is InChI=1S/C6H7N2O3PS/c7-3(6(9)10)1-4-8-2-5(12-11)13-4/h2-3H,1,7H2,(H,9,10). The molecular weight excluding hydrogens is 211 g/mol. The summed E-state index contributed by atoms with van der Waals surface area (Å²) in [4.78, 5) is 14.2. The maximum atomic E-state index is 10.4. The summed E-state index contributed by atoms with van der Waals surface area (Å²) < 4.78 is 10.9. The monoisotopic (exact) mass is 218 g/mol. The summed E-state index contributed by atoms with van der Waals surface area (Å²) in [6.45, 7) is 0. The molecule has 1 atom stereocenters. The molecule has 0 aliphatic heterocycles. The zero-order chi connectivity index (χ0) is 9.84. The van der Waals surface area contributed by atoms with Crippen LogP contribution in [-0.4, -0.2) is 22.1 Å². The van der Waals surface area contributed by atoms with E-state index in [2.05, 4.69) is 4.98 Å². The Morgan fingerprint density at radius 3 is 3.00 bits per heavy atom. The van der Waals surface area contributed by atoms with Gasteiger partial charge in [-0.15, -0.1) is 11.3 Å². The summed E-state index contributed by atoms with van der Waals surface area (Å²) in [5, 5.41) is 9.09. The first-order valence-corrected chi connectivity index (χ1v) is 5.03. The zero-order valence-corrected chi connectivity index (χ0v) is 8.22. The highest BCUT2D eigenvalue weighted by atomic mass is 32.1. The van der Waals surface area contributed by atoms with Crippen LogP contribution in [0.4, 0.5) is 0 Å². The largest absolute Gasteiger partial charge is 0.480 e. The predicted molar refractivity (Wildman–Crippen MR) is 48.7 cm³/mol. The second kappa shape index (κ2) is 4.41. The van der Waals surface area contributed by atoms with Crippen molar-refractivity contribution in [3.05, 3.63) is 11.2 Å². The molecule has 70 valence electrons. The lowest BCUT2D eigenvalue weighted by Crippen LogP contribution is -2.32. The molecule has 7 heteroatoms. The van der Waals surface area contributed by atoms with Gasteiger partial charge in [-0.25, -0.2) is 4.98 Å². The molecule has 0 fully saturated rings. The number of aliphatic carboxylic acids is 1. The van der Waals surface area contributed by atoms with Gasteiger partial charge in [-0.1, -0.05) is 0 Å². The minimum Gasteiger partial charge on any atom is -0.480 e. The summed E-state index contributed by atoms with van der Waals surface area (Å²) in [7, 11) is -0.0987. The van der Waals surface area contributed by atoms with Crippen LogP contribution in [0, 0.1) is 0 Å². The quantitative estimate of drug-likeness (QED) is 0.694. The first-order chi connectivity index (χ1) is 6.13. The predicted octanol–water partition coefficient (Wildman–Crippen LogP) is 0.0145. The number of hydrogen-bond donors (Lipinski definition) is 2. The Bertz CT molecular complexity index is 327. The van der Waals surface area contributed by atoms with E-state index in [1.54, 1.807) is 0 Å². The molecule has 0 aliphatic rings. The van der Waals surface area contributed by atoms with Crippen molar-refractivity contribution in [3.8, 4) is 0 Å². The number of hydrogen-bond acceptors (Lipinski definition) is 5. The van der Waals surface area contributed by atoms with Gasteiger partial charge in [0.05, 0.1) is 11.2 Å². The van der Waals surface area contributed by atoms with Crippen molar-refractivity contribution in [3.63, 3.8) is 0 Å². The average molecular weight is 218 g/mol. The normalized spacial score (nSPS) is 13.0. The fourth-order valence-corrected chi connectivity index (χ4v) is 2.00. The minimum absolute atomic E-state index is 0.0987. The van der Waals surface area contributed by atoms with E-state index in [1.807, 2.05) is 0 Å². The van der Waals surface area contributed by atoms with Crippen LogP contribution in [0.2, 0.25) is 0 Å². The van der Waals surface area contributed by atoms with E-state index in [0.717, 1.165) is 0 Å². The van der Waals surface area contributed by atoms with Gasteiger partial charge < -0.3 is 10.8 Å². The summed E-state index contributed by atoms with van der Waals surface area (Å²) >= 11 is 1.20. The molecule has 0 radical (unpaired) electrons. The van der Waals surface area contributed by atoms with E-state index in [1.165, 1.54) is 17.5 Å². The van der Waals surface area contributed by atoms with Crippen LogP contribution in [0.5, 0.6) is 0 Å². The number of aromatic nitrogens is 1. The van der Waals surface area contributed by atoms with Gasteiger partial charge in [0.2, 0.25) is 8.46 Å². The van der Waals surface area contributed by atoms with E-state index in [9.17, 15) is 9.36 Å². The van der Waals surface area contributed by atoms with E-state index < -0.39 is 12.0 Å². The zero-order valence-electron chi connectivity index (χ0n) is 6.51. The Labute approximate surface area is 79.8 Å². The Morgan fingerprint density at radius 2 is 2.54 bits per heavy atom. The second-order valence-electron chi connectivity index (χ2n) is 2.33. The fourth-order valence-electron chi connectivity index (χ4n) is 0.713. The molecule has 0 aliphatic carbocycles. The third kappa shape index (κ3) is 2.84. The lowest BCUT2D eigenvalue weighted by molar-refractivity contribution is -0.138. The summed E-state index contributed by atoms with van der Waals surface area (Å²) in [6, 6.07) is -0.942. The van der Waals surface area contributed by atoms with Gasteiger partial charge in [-0.2, -0.15) is 0 Å². The number of thiazole rings is 1. The molecule has 1 rings (SSSR count). The molecule has 1 aromatic heterocycles. The summed E-state index contributed by atoms with van der Waals surface area (Å²) in [6.07, 6.45) is 1.62. The van der Waals surface area contributed by atoms with Crippen molar-refractivity contribution in [2.24, 2.45) is 5.73 Å². The van der Waals surface area contributed by atoms with Crippen molar-refractivity contribution in [1.82, 2.24) is 4.98 Å². The smallest absolute Gasteiger partial charge is 0.320 e. The number of carboxylic acids is 1. The van der Waals surface area contributed by atoms with E-state index >= 15 is 0 Å². The van der Waals surface area contributed by atoms with E-state index in [0.29, 0.717) is 9.63 Å². The van der Waals surface area contributed by atoms with Crippen LogP contribution in [0.15, 0.2) is 6.20 Å². The first-order valence-electron chi connectivity index (χ1n) is 3.40. The van der Waals surface area contributed by atoms with Gasteiger partial charge >= 0.3 is 5.97 Å². The second-order valence-corrected chi connectivity index (χ2v) is 4.41. The molecule has 5 nitrogen and oxygen atoms in total. The highest BCUT2D eigenvalue weighted by Gasteiger charge is 2.14. The van der Waals surface area contributed by atoms with E-state index in [-0.39, 0.29) is 14.9 Å². The fraction of sp³-hybridized carbons (Fsp3) is 0.333. The molecular formula is C6H7N2O3PS. The van der Waals surface area contributed by atoms with Gasteiger partial charge in [-0.05, 0) is 0 Å². The molecule has 1 heterocycles. The third-order valence-corrected chi connectivity index (χ3v) is 2.96.